The van der Waals surface area contributed by atoms with Crippen LogP contribution < -0.4 is 0 Å². The van der Waals surface area contributed by atoms with Gasteiger partial charge in [-0.3, -0.25) is 0 Å². The third kappa shape index (κ3) is 2.09. The highest BCUT2D eigenvalue weighted by molar-refractivity contribution is 6.31. The fraction of sp³-hybridized carbons (Fsp3) is 0.538. The second kappa shape index (κ2) is 4.34. The van der Waals surface area contributed by atoms with E-state index in [4.69, 9.17) is 11.6 Å². The molecule has 1 aliphatic carbocycles. The maximum Gasteiger partial charge on any atom is 0.142 e. The zero-order valence-corrected chi connectivity index (χ0v) is 10.1. The molecule has 0 saturated heterocycles. The van der Waals surface area contributed by atoms with Gasteiger partial charge in [0.25, 0.3) is 0 Å². The van der Waals surface area contributed by atoms with Gasteiger partial charge >= 0.3 is 0 Å². The first-order valence-electron chi connectivity index (χ1n) is 5.68. The topological polar surface area (TPSA) is 20.2 Å². The van der Waals surface area contributed by atoms with E-state index in [2.05, 4.69) is 0 Å². The smallest absolute Gasteiger partial charge is 0.142 e. The van der Waals surface area contributed by atoms with E-state index in [0.717, 1.165) is 19.3 Å². The molecule has 0 amide bonds. The SMILES string of the molecule is CC1CCCC1(O)Cc1cccc(F)c1Cl. The predicted molar refractivity (Wildman–Crippen MR) is 63.1 cm³/mol. The van der Waals surface area contributed by atoms with Crippen molar-refractivity contribution in [2.45, 2.75) is 38.2 Å². The van der Waals surface area contributed by atoms with Gasteiger partial charge in [-0.25, -0.2) is 4.39 Å². The highest BCUT2D eigenvalue weighted by atomic mass is 35.5. The molecule has 2 unspecified atom stereocenters. The van der Waals surface area contributed by atoms with E-state index in [9.17, 15) is 9.50 Å². The van der Waals surface area contributed by atoms with Gasteiger partial charge in [0.15, 0.2) is 0 Å². The lowest BCUT2D eigenvalue weighted by Crippen LogP contribution is -2.34. The van der Waals surface area contributed by atoms with Crippen LogP contribution >= 0.6 is 11.6 Å². The van der Waals surface area contributed by atoms with Crippen molar-refractivity contribution in [3.05, 3.63) is 34.6 Å². The van der Waals surface area contributed by atoms with Crippen molar-refractivity contribution in [1.29, 1.82) is 0 Å². The normalized spacial score (nSPS) is 29.6. The van der Waals surface area contributed by atoms with Gasteiger partial charge in [0.1, 0.15) is 5.82 Å². The summed E-state index contributed by atoms with van der Waals surface area (Å²) in [6, 6.07) is 4.77. The molecular formula is C13H16ClFO. The largest absolute Gasteiger partial charge is 0.389 e. The highest BCUT2D eigenvalue weighted by Gasteiger charge is 2.38. The summed E-state index contributed by atoms with van der Waals surface area (Å²) in [5.41, 5.74) is -0.00448. The average molecular weight is 243 g/mol. The van der Waals surface area contributed by atoms with Gasteiger partial charge in [0.05, 0.1) is 10.6 Å². The summed E-state index contributed by atoms with van der Waals surface area (Å²) in [7, 11) is 0. The molecule has 1 saturated carbocycles. The molecule has 0 spiro atoms. The first kappa shape index (κ1) is 11.9. The molecule has 16 heavy (non-hydrogen) atoms. The van der Waals surface area contributed by atoms with E-state index in [1.54, 1.807) is 12.1 Å². The third-order valence-corrected chi connectivity index (χ3v) is 4.12. The summed E-state index contributed by atoms with van der Waals surface area (Å²) in [6.07, 6.45) is 3.29. The van der Waals surface area contributed by atoms with E-state index in [-0.39, 0.29) is 10.9 Å². The van der Waals surface area contributed by atoms with Crippen molar-refractivity contribution in [2.75, 3.05) is 0 Å². The molecule has 1 N–H and O–H groups in total. The van der Waals surface area contributed by atoms with Gasteiger partial charge in [-0.1, -0.05) is 37.1 Å². The molecule has 1 aromatic rings. The zero-order valence-electron chi connectivity index (χ0n) is 9.34. The lowest BCUT2D eigenvalue weighted by Gasteiger charge is -2.28. The van der Waals surface area contributed by atoms with E-state index in [1.165, 1.54) is 6.07 Å². The maximum absolute atomic E-state index is 13.3. The van der Waals surface area contributed by atoms with E-state index >= 15 is 0 Å². The number of aliphatic hydroxyl groups is 1. The minimum absolute atomic E-state index is 0.148. The summed E-state index contributed by atoms with van der Waals surface area (Å²) in [6.45, 7) is 2.04. The van der Waals surface area contributed by atoms with Gasteiger partial charge in [-0.05, 0) is 30.4 Å². The van der Waals surface area contributed by atoms with Crippen LogP contribution in [0.3, 0.4) is 0 Å². The van der Waals surface area contributed by atoms with Gasteiger partial charge in [-0.15, -0.1) is 0 Å². The molecule has 0 aliphatic heterocycles. The van der Waals surface area contributed by atoms with Crippen LogP contribution in [0.15, 0.2) is 18.2 Å². The molecule has 2 rings (SSSR count). The van der Waals surface area contributed by atoms with Crippen LogP contribution in [0.1, 0.15) is 31.7 Å². The second-order valence-electron chi connectivity index (χ2n) is 4.79. The molecule has 0 aromatic heterocycles. The summed E-state index contributed by atoms with van der Waals surface area (Å²) in [4.78, 5) is 0. The molecule has 1 fully saturated rings. The number of rotatable bonds is 2. The molecule has 1 aromatic carbocycles. The van der Waals surface area contributed by atoms with Crippen molar-refractivity contribution in [3.63, 3.8) is 0 Å². The standard InChI is InChI=1S/C13H16ClFO/c1-9-4-3-7-13(9,16)8-10-5-2-6-11(15)12(10)14/h2,5-6,9,16H,3-4,7-8H2,1H3. The quantitative estimate of drug-likeness (QED) is 0.841. The number of halogens is 2. The van der Waals surface area contributed by atoms with Gasteiger partial charge in [0, 0.05) is 6.42 Å². The Balaban J connectivity index is 2.24. The number of benzene rings is 1. The lowest BCUT2D eigenvalue weighted by molar-refractivity contribution is 0.00957. The maximum atomic E-state index is 13.3. The summed E-state index contributed by atoms with van der Waals surface area (Å²) < 4.78 is 13.3. The van der Waals surface area contributed by atoms with Crippen LogP contribution in [0, 0.1) is 11.7 Å². The summed E-state index contributed by atoms with van der Waals surface area (Å²) >= 11 is 5.90. The fourth-order valence-corrected chi connectivity index (χ4v) is 2.70. The van der Waals surface area contributed by atoms with Crippen LogP contribution in [0.4, 0.5) is 4.39 Å². The Kier molecular flexibility index (Phi) is 3.22. The third-order valence-electron chi connectivity index (χ3n) is 3.69. The first-order valence-corrected chi connectivity index (χ1v) is 6.06. The minimum atomic E-state index is -0.711. The molecule has 0 bridgehead atoms. The minimum Gasteiger partial charge on any atom is -0.389 e. The van der Waals surface area contributed by atoms with Gasteiger partial charge < -0.3 is 5.11 Å². The fourth-order valence-electron chi connectivity index (χ4n) is 2.51. The number of hydrogen-bond donors (Lipinski definition) is 1. The van der Waals surface area contributed by atoms with Crippen LogP contribution in [0.2, 0.25) is 5.02 Å². The van der Waals surface area contributed by atoms with Crippen LogP contribution in [0.25, 0.3) is 0 Å². The molecular weight excluding hydrogens is 227 g/mol. The van der Waals surface area contributed by atoms with Crippen molar-refractivity contribution in [2.24, 2.45) is 5.92 Å². The van der Waals surface area contributed by atoms with Crippen molar-refractivity contribution in [1.82, 2.24) is 0 Å². The van der Waals surface area contributed by atoms with E-state index in [1.807, 2.05) is 6.92 Å². The van der Waals surface area contributed by atoms with E-state index in [0.29, 0.717) is 12.0 Å². The lowest BCUT2D eigenvalue weighted by atomic mass is 9.86. The van der Waals surface area contributed by atoms with Crippen molar-refractivity contribution < 1.29 is 9.50 Å². The van der Waals surface area contributed by atoms with Gasteiger partial charge in [0.2, 0.25) is 0 Å². The molecule has 2 atom stereocenters. The summed E-state index contributed by atoms with van der Waals surface area (Å²) in [5, 5.41) is 10.6. The predicted octanol–water partition coefficient (Wildman–Crippen LogP) is 3.57. The van der Waals surface area contributed by atoms with Gasteiger partial charge in [-0.2, -0.15) is 0 Å². The Labute approximate surface area is 100 Å². The van der Waals surface area contributed by atoms with Crippen molar-refractivity contribution >= 4 is 11.6 Å². The molecule has 1 nitrogen and oxygen atoms in total. The molecule has 0 heterocycles. The van der Waals surface area contributed by atoms with Crippen molar-refractivity contribution in [3.8, 4) is 0 Å². The van der Waals surface area contributed by atoms with E-state index < -0.39 is 11.4 Å². The van der Waals surface area contributed by atoms with Crippen LogP contribution in [-0.2, 0) is 6.42 Å². The second-order valence-corrected chi connectivity index (χ2v) is 5.16. The monoisotopic (exact) mass is 242 g/mol. The van der Waals surface area contributed by atoms with Crippen LogP contribution in [0.5, 0.6) is 0 Å². The molecule has 88 valence electrons. The Morgan fingerprint density at radius 1 is 1.56 bits per heavy atom. The Morgan fingerprint density at radius 2 is 2.31 bits per heavy atom. The van der Waals surface area contributed by atoms with Crippen LogP contribution in [-0.4, -0.2) is 10.7 Å². The number of hydrogen-bond acceptors (Lipinski definition) is 1. The molecule has 0 radical (unpaired) electrons. The average Bonchev–Trinajstić information content (AvgIpc) is 2.55. The first-order chi connectivity index (χ1) is 7.53. The Bertz CT molecular complexity index is 394. The Morgan fingerprint density at radius 3 is 2.94 bits per heavy atom. The Hall–Kier alpha value is -0.600. The summed E-state index contributed by atoms with van der Waals surface area (Å²) in [5.74, 6) is -0.153. The zero-order chi connectivity index (χ0) is 11.8. The molecule has 1 aliphatic rings. The highest BCUT2D eigenvalue weighted by Crippen LogP contribution is 2.39. The molecule has 3 heteroatoms.